The zero-order valence-corrected chi connectivity index (χ0v) is 9.81. The molecule has 2 rings (SSSR count). The highest BCUT2D eigenvalue weighted by Gasteiger charge is 2.15. The predicted octanol–water partition coefficient (Wildman–Crippen LogP) is 4.00. The standard InChI is InChI=1S/C13H9F4NO/c1-19-11-5-2-7(14)6-10(11)18-9-4-3-8(15)12(16)13(9)17/h2-6,18H,1H3. The molecule has 0 unspecified atom stereocenters. The molecular formula is C13H9F4NO. The summed E-state index contributed by atoms with van der Waals surface area (Å²) in [7, 11) is 1.35. The number of benzene rings is 2. The van der Waals surface area contributed by atoms with Gasteiger partial charge >= 0.3 is 0 Å². The normalized spacial score (nSPS) is 10.4. The van der Waals surface area contributed by atoms with Gasteiger partial charge in [0.15, 0.2) is 17.5 Å². The Bertz CT molecular complexity index is 616. The lowest BCUT2D eigenvalue weighted by atomic mass is 10.2. The highest BCUT2D eigenvalue weighted by atomic mass is 19.2. The van der Waals surface area contributed by atoms with Crippen molar-refractivity contribution in [3.8, 4) is 5.75 Å². The van der Waals surface area contributed by atoms with E-state index in [1.807, 2.05) is 0 Å². The summed E-state index contributed by atoms with van der Waals surface area (Å²) >= 11 is 0. The van der Waals surface area contributed by atoms with Gasteiger partial charge in [-0.15, -0.1) is 0 Å². The van der Waals surface area contributed by atoms with E-state index in [4.69, 9.17) is 4.74 Å². The minimum atomic E-state index is -1.60. The number of hydrogen-bond donors (Lipinski definition) is 1. The zero-order valence-electron chi connectivity index (χ0n) is 9.81. The Morgan fingerprint density at radius 1 is 0.895 bits per heavy atom. The maximum Gasteiger partial charge on any atom is 0.196 e. The number of methoxy groups -OCH3 is 1. The summed E-state index contributed by atoms with van der Waals surface area (Å²) in [6.45, 7) is 0. The second-order valence-electron chi connectivity index (χ2n) is 3.69. The van der Waals surface area contributed by atoms with Gasteiger partial charge in [-0.05, 0) is 24.3 Å². The van der Waals surface area contributed by atoms with Gasteiger partial charge in [-0.1, -0.05) is 0 Å². The largest absolute Gasteiger partial charge is 0.495 e. The third-order valence-corrected chi connectivity index (χ3v) is 2.47. The SMILES string of the molecule is COc1ccc(F)cc1Nc1ccc(F)c(F)c1F. The molecule has 0 aromatic heterocycles. The van der Waals surface area contributed by atoms with Crippen molar-refractivity contribution in [2.45, 2.75) is 0 Å². The minimum Gasteiger partial charge on any atom is -0.495 e. The van der Waals surface area contributed by atoms with E-state index < -0.39 is 23.3 Å². The van der Waals surface area contributed by atoms with Crippen LogP contribution in [0.15, 0.2) is 30.3 Å². The maximum absolute atomic E-state index is 13.5. The van der Waals surface area contributed by atoms with Crippen molar-refractivity contribution in [3.05, 3.63) is 53.6 Å². The van der Waals surface area contributed by atoms with E-state index in [-0.39, 0.29) is 17.1 Å². The van der Waals surface area contributed by atoms with E-state index in [0.717, 1.165) is 24.3 Å². The topological polar surface area (TPSA) is 21.3 Å². The summed E-state index contributed by atoms with van der Waals surface area (Å²) in [5.74, 6) is -4.61. The molecule has 100 valence electrons. The molecule has 6 heteroatoms. The predicted molar refractivity (Wildman–Crippen MR) is 62.6 cm³/mol. The molecular weight excluding hydrogens is 262 g/mol. The van der Waals surface area contributed by atoms with Crippen LogP contribution in [0.4, 0.5) is 28.9 Å². The van der Waals surface area contributed by atoms with Crippen LogP contribution in [-0.4, -0.2) is 7.11 Å². The van der Waals surface area contributed by atoms with Crippen LogP contribution in [0.5, 0.6) is 5.75 Å². The van der Waals surface area contributed by atoms with Gasteiger partial charge in [-0.2, -0.15) is 0 Å². The third kappa shape index (κ3) is 2.62. The molecule has 0 bridgehead atoms. The van der Waals surface area contributed by atoms with Crippen molar-refractivity contribution in [1.82, 2.24) is 0 Å². The van der Waals surface area contributed by atoms with Gasteiger partial charge in [-0.25, -0.2) is 17.6 Å². The van der Waals surface area contributed by atoms with Crippen molar-refractivity contribution in [2.24, 2.45) is 0 Å². The van der Waals surface area contributed by atoms with E-state index in [1.165, 1.54) is 13.2 Å². The Hall–Kier alpha value is -2.24. The molecule has 0 fully saturated rings. The van der Waals surface area contributed by atoms with E-state index in [1.54, 1.807) is 0 Å². The first-order chi connectivity index (χ1) is 9.02. The second kappa shape index (κ2) is 5.17. The van der Waals surface area contributed by atoms with Crippen LogP contribution in [0, 0.1) is 23.3 Å². The third-order valence-electron chi connectivity index (χ3n) is 2.47. The summed E-state index contributed by atoms with van der Waals surface area (Å²) in [5, 5.41) is 2.45. The lowest BCUT2D eigenvalue weighted by molar-refractivity contribution is 0.415. The Morgan fingerprint density at radius 3 is 2.32 bits per heavy atom. The van der Waals surface area contributed by atoms with Crippen LogP contribution < -0.4 is 10.1 Å². The van der Waals surface area contributed by atoms with E-state index in [9.17, 15) is 17.6 Å². The Labute approximate surface area is 106 Å². The molecule has 0 heterocycles. The molecule has 1 N–H and O–H groups in total. The first-order valence-electron chi connectivity index (χ1n) is 5.27. The van der Waals surface area contributed by atoms with Crippen molar-refractivity contribution < 1.29 is 22.3 Å². The molecule has 2 nitrogen and oxygen atoms in total. The lowest BCUT2D eigenvalue weighted by Crippen LogP contribution is -2.00. The van der Waals surface area contributed by atoms with Crippen LogP contribution in [0.1, 0.15) is 0 Å². The molecule has 2 aromatic rings. The Kier molecular flexibility index (Phi) is 3.59. The second-order valence-corrected chi connectivity index (χ2v) is 3.69. The average Bonchev–Trinajstić information content (AvgIpc) is 2.40. The van der Waals surface area contributed by atoms with E-state index in [0.29, 0.717) is 0 Å². The van der Waals surface area contributed by atoms with Crippen molar-refractivity contribution >= 4 is 11.4 Å². The van der Waals surface area contributed by atoms with Gasteiger partial charge in [0.25, 0.3) is 0 Å². The molecule has 0 radical (unpaired) electrons. The van der Waals surface area contributed by atoms with Gasteiger partial charge in [0.05, 0.1) is 18.5 Å². The van der Waals surface area contributed by atoms with Crippen LogP contribution in [0.2, 0.25) is 0 Å². The fraction of sp³-hybridized carbons (Fsp3) is 0.0769. The molecule has 0 aliphatic heterocycles. The van der Waals surface area contributed by atoms with E-state index in [2.05, 4.69) is 5.32 Å². The van der Waals surface area contributed by atoms with Crippen LogP contribution in [-0.2, 0) is 0 Å². The quantitative estimate of drug-likeness (QED) is 0.673. The summed E-state index contributed by atoms with van der Waals surface area (Å²) in [5.41, 5.74) is -0.213. The highest BCUT2D eigenvalue weighted by Crippen LogP contribution is 2.30. The molecule has 0 amide bonds. The van der Waals surface area contributed by atoms with Crippen molar-refractivity contribution in [2.75, 3.05) is 12.4 Å². The number of rotatable bonds is 3. The minimum absolute atomic E-state index is 0.104. The van der Waals surface area contributed by atoms with Crippen LogP contribution in [0.25, 0.3) is 0 Å². The van der Waals surface area contributed by atoms with Gasteiger partial charge in [0.2, 0.25) is 0 Å². The first-order valence-corrected chi connectivity index (χ1v) is 5.27. The Morgan fingerprint density at radius 2 is 1.63 bits per heavy atom. The highest BCUT2D eigenvalue weighted by molar-refractivity contribution is 5.66. The number of halogens is 4. The summed E-state index contributed by atoms with van der Waals surface area (Å²) in [4.78, 5) is 0. The van der Waals surface area contributed by atoms with Crippen molar-refractivity contribution in [1.29, 1.82) is 0 Å². The fourth-order valence-electron chi connectivity index (χ4n) is 1.55. The van der Waals surface area contributed by atoms with E-state index >= 15 is 0 Å². The zero-order chi connectivity index (χ0) is 14.0. The van der Waals surface area contributed by atoms with Crippen LogP contribution in [0.3, 0.4) is 0 Å². The molecule has 0 atom stereocenters. The average molecular weight is 271 g/mol. The molecule has 0 aliphatic rings. The fourth-order valence-corrected chi connectivity index (χ4v) is 1.55. The number of ether oxygens (including phenoxy) is 1. The monoisotopic (exact) mass is 271 g/mol. The molecule has 2 aromatic carbocycles. The summed E-state index contributed by atoms with van der Waals surface area (Å²) < 4.78 is 57.4. The van der Waals surface area contributed by atoms with Gasteiger partial charge in [0, 0.05) is 6.07 Å². The van der Waals surface area contributed by atoms with Gasteiger partial charge < -0.3 is 10.1 Å². The molecule has 0 aliphatic carbocycles. The summed E-state index contributed by atoms with van der Waals surface area (Å²) in [6, 6.07) is 5.32. The summed E-state index contributed by atoms with van der Waals surface area (Å²) in [6.07, 6.45) is 0. The molecule has 0 spiro atoms. The smallest absolute Gasteiger partial charge is 0.196 e. The number of nitrogens with one attached hydrogen (secondary N) is 1. The molecule has 0 saturated carbocycles. The van der Waals surface area contributed by atoms with Crippen molar-refractivity contribution in [3.63, 3.8) is 0 Å². The molecule has 0 saturated heterocycles. The van der Waals surface area contributed by atoms with Gasteiger partial charge in [0.1, 0.15) is 11.6 Å². The van der Waals surface area contributed by atoms with Gasteiger partial charge in [-0.3, -0.25) is 0 Å². The lowest BCUT2D eigenvalue weighted by Gasteiger charge is -2.12. The number of anilines is 2. The maximum atomic E-state index is 13.5. The van der Waals surface area contributed by atoms with Crippen LogP contribution >= 0.6 is 0 Å². The first kappa shape index (κ1) is 13.2. The Balaban J connectivity index is 2.41. The molecule has 19 heavy (non-hydrogen) atoms. The number of hydrogen-bond acceptors (Lipinski definition) is 2.